The molecule has 1 aromatic rings. The highest BCUT2D eigenvalue weighted by Crippen LogP contribution is 2.28. The molecule has 1 amide bonds. The minimum absolute atomic E-state index is 0.184. The van der Waals surface area contributed by atoms with Gasteiger partial charge in [-0.3, -0.25) is 4.79 Å². The van der Waals surface area contributed by atoms with Crippen LogP contribution in [-0.4, -0.2) is 19.0 Å². The SMILES string of the molecule is Cc1cccc(NCCNC(=O)C2CC2)c1N. The van der Waals surface area contributed by atoms with Gasteiger partial charge in [-0.05, 0) is 31.4 Å². The van der Waals surface area contributed by atoms with Crippen molar-refractivity contribution in [3.8, 4) is 0 Å². The maximum Gasteiger partial charge on any atom is 0.223 e. The number of carbonyl (C=O) groups is 1. The molecule has 4 heteroatoms. The zero-order valence-corrected chi connectivity index (χ0v) is 10.1. The minimum Gasteiger partial charge on any atom is -0.397 e. The van der Waals surface area contributed by atoms with E-state index in [0.29, 0.717) is 13.1 Å². The molecule has 0 unspecified atom stereocenters. The zero-order chi connectivity index (χ0) is 12.3. The highest BCUT2D eigenvalue weighted by Gasteiger charge is 2.28. The summed E-state index contributed by atoms with van der Waals surface area (Å²) in [5, 5.41) is 6.14. The molecule has 1 aliphatic rings. The standard InChI is InChI=1S/C13H19N3O/c1-9-3-2-4-11(12(9)14)15-7-8-16-13(17)10-5-6-10/h2-4,10,15H,5-8,14H2,1H3,(H,16,17). The molecule has 0 heterocycles. The van der Waals surface area contributed by atoms with Crippen LogP contribution in [0.4, 0.5) is 11.4 Å². The summed E-state index contributed by atoms with van der Waals surface area (Å²) in [6, 6.07) is 5.90. The Morgan fingerprint density at radius 2 is 2.18 bits per heavy atom. The number of benzene rings is 1. The van der Waals surface area contributed by atoms with Gasteiger partial charge in [0.1, 0.15) is 0 Å². The summed E-state index contributed by atoms with van der Waals surface area (Å²) in [7, 11) is 0. The third-order valence-electron chi connectivity index (χ3n) is 3.01. The van der Waals surface area contributed by atoms with E-state index in [4.69, 9.17) is 5.73 Å². The molecule has 2 rings (SSSR count). The first-order valence-corrected chi connectivity index (χ1v) is 6.05. The Labute approximate surface area is 102 Å². The van der Waals surface area contributed by atoms with Crippen molar-refractivity contribution in [2.75, 3.05) is 24.1 Å². The second-order valence-corrected chi connectivity index (χ2v) is 4.53. The predicted molar refractivity (Wildman–Crippen MR) is 69.8 cm³/mol. The number of rotatable bonds is 5. The summed E-state index contributed by atoms with van der Waals surface area (Å²) in [4.78, 5) is 11.4. The lowest BCUT2D eigenvalue weighted by Gasteiger charge is -2.11. The first-order valence-electron chi connectivity index (χ1n) is 6.05. The van der Waals surface area contributed by atoms with Gasteiger partial charge in [-0.2, -0.15) is 0 Å². The average molecular weight is 233 g/mol. The lowest BCUT2D eigenvalue weighted by atomic mass is 10.2. The zero-order valence-electron chi connectivity index (χ0n) is 10.1. The van der Waals surface area contributed by atoms with E-state index in [1.165, 1.54) is 0 Å². The molecule has 0 bridgehead atoms. The van der Waals surface area contributed by atoms with E-state index in [0.717, 1.165) is 29.8 Å². The first-order chi connectivity index (χ1) is 8.18. The third-order valence-corrected chi connectivity index (χ3v) is 3.01. The second-order valence-electron chi connectivity index (χ2n) is 4.53. The predicted octanol–water partition coefficient (Wildman–Crippen LogP) is 1.52. The summed E-state index contributed by atoms with van der Waals surface area (Å²) in [6.45, 7) is 3.32. The Morgan fingerprint density at radius 1 is 1.41 bits per heavy atom. The molecule has 0 aliphatic heterocycles. The van der Waals surface area contributed by atoms with Crippen molar-refractivity contribution in [2.24, 2.45) is 5.92 Å². The number of hydrogen-bond acceptors (Lipinski definition) is 3. The molecule has 1 aromatic carbocycles. The lowest BCUT2D eigenvalue weighted by Crippen LogP contribution is -2.29. The van der Waals surface area contributed by atoms with Crippen LogP contribution < -0.4 is 16.4 Å². The lowest BCUT2D eigenvalue weighted by molar-refractivity contribution is -0.122. The first kappa shape index (κ1) is 11.8. The maximum absolute atomic E-state index is 11.4. The number of carbonyl (C=O) groups excluding carboxylic acids is 1. The van der Waals surface area contributed by atoms with E-state index >= 15 is 0 Å². The fraction of sp³-hybridized carbons (Fsp3) is 0.462. The van der Waals surface area contributed by atoms with Crippen LogP contribution in [0.15, 0.2) is 18.2 Å². The molecule has 0 saturated heterocycles. The molecule has 0 spiro atoms. The molecular formula is C13H19N3O. The van der Waals surface area contributed by atoms with Crippen molar-refractivity contribution < 1.29 is 4.79 Å². The van der Waals surface area contributed by atoms with Crippen LogP contribution in [0.5, 0.6) is 0 Å². The summed E-state index contributed by atoms with van der Waals surface area (Å²) >= 11 is 0. The van der Waals surface area contributed by atoms with Gasteiger partial charge >= 0.3 is 0 Å². The third kappa shape index (κ3) is 3.12. The van der Waals surface area contributed by atoms with Crippen LogP contribution in [-0.2, 0) is 4.79 Å². The molecule has 0 atom stereocenters. The van der Waals surface area contributed by atoms with Crippen LogP contribution in [0.2, 0.25) is 0 Å². The normalized spacial score (nSPS) is 14.4. The van der Waals surface area contributed by atoms with E-state index in [1.807, 2.05) is 25.1 Å². The number of nitrogen functional groups attached to an aromatic ring is 1. The van der Waals surface area contributed by atoms with Crippen molar-refractivity contribution in [1.82, 2.24) is 5.32 Å². The summed E-state index contributed by atoms with van der Waals surface area (Å²) in [5.74, 6) is 0.461. The van der Waals surface area contributed by atoms with Crippen molar-refractivity contribution in [2.45, 2.75) is 19.8 Å². The number of amides is 1. The molecule has 4 N–H and O–H groups in total. The molecule has 0 aromatic heterocycles. The van der Waals surface area contributed by atoms with E-state index < -0.39 is 0 Å². The molecule has 0 radical (unpaired) electrons. The average Bonchev–Trinajstić information content (AvgIpc) is 3.13. The Balaban J connectivity index is 1.74. The number of para-hydroxylation sites is 1. The molecule has 4 nitrogen and oxygen atoms in total. The van der Waals surface area contributed by atoms with Crippen LogP contribution in [0, 0.1) is 12.8 Å². The fourth-order valence-electron chi connectivity index (χ4n) is 1.71. The van der Waals surface area contributed by atoms with Crippen molar-refractivity contribution in [1.29, 1.82) is 0 Å². The van der Waals surface area contributed by atoms with Gasteiger partial charge in [-0.15, -0.1) is 0 Å². The van der Waals surface area contributed by atoms with E-state index in [9.17, 15) is 4.79 Å². The topological polar surface area (TPSA) is 67.1 Å². The molecule has 1 fully saturated rings. The van der Waals surface area contributed by atoms with Crippen LogP contribution in [0.25, 0.3) is 0 Å². The van der Waals surface area contributed by atoms with Gasteiger partial charge in [-0.1, -0.05) is 12.1 Å². The quantitative estimate of drug-likeness (QED) is 0.533. The highest BCUT2D eigenvalue weighted by atomic mass is 16.2. The number of anilines is 2. The molecule has 92 valence electrons. The van der Waals surface area contributed by atoms with Crippen molar-refractivity contribution >= 4 is 17.3 Å². The highest BCUT2D eigenvalue weighted by molar-refractivity contribution is 5.80. The second kappa shape index (κ2) is 5.08. The number of hydrogen-bond donors (Lipinski definition) is 3. The van der Waals surface area contributed by atoms with Gasteiger partial charge in [0.05, 0.1) is 11.4 Å². The number of aryl methyl sites for hydroxylation is 1. The molecule has 17 heavy (non-hydrogen) atoms. The minimum atomic E-state index is 0.184. The molecule has 1 saturated carbocycles. The van der Waals surface area contributed by atoms with Gasteiger partial charge in [0.2, 0.25) is 5.91 Å². The summed E-state index contributed by atoms with van der Waals surface area (Å²) in [6.07, 6.45) is 2.09. The van der Waals surface area contributed by atoms with Gasteiger partial charge in [0, 0.05) is 19.0 Å². The smallest absolute Gasteiger partial charge is 0.223 e. The van der Waals surface area contributed by atoms with E-state index in [1.54, 1.807) is 0 Å². The van der Waals surface area contributed by atoms with Crippen LogP contribution in [0.1, 0.15) is 18.4 Å². The Morgan fingerprint density at radius 3 is 2.88 bits per heavy atom. The summed E-state index contributed by atoms with van der Waals surface area (Å²) in [5.41, 5.74) is 8.71. The van der Waals surface area contributed by atoms with Gasteiger partial charge in [0.15, 0.2) is 0 Å². The summed E-state index contributed by atoms with van der Waals surface area (Å²) < 4.78 is 0. The monoisotopic (exact) mass is 233 g/mol. The Hall–Kier alpha value is -1.71. The fourth-order valence-corrected chi connectivity index (χ4v) is 1.71. The number of nitrogens with one attached hydrogen (secondary N) is 2. The number of nitrogens with two attached hydrogens (primary N) is 1. The maximum atomic E-state index is 11.4. The largest absolute Gasteiger partial charge is 0.397 e. The van der Waals surface area contributed by atoms with Crippen LogP contribution >= 0.6 is 0 Å². The Kier molecular flexibility index (Phi) is 3.52. The van der Waals surface area contributed by atoms with Gasteiger partial charge < -0.3 is 16.4 Å². The van der Waals surface area contributed by atoms with Gasteiger partial charge in [-0.25, -0.2) is 0 Å². The Bertz CT molecular complexity index is 413. The molecular weight excluding hydrogens is 214 g/mol. The van der Waals surface area contributed by atoms with E-state index in [-0.39, 0.29) is 11.8 Å². The van der Waals surface area contributed by atoms with Gasteiger partial charge in [0.25, 0.3) is 0 Å². The van der Waals surface area contributed by atoms with Crippen molar-refractivity contribution in [3.05, 3.63) is 23.8 Å². The molecule has 1 aliphatic carbocycles. The van der Waals surface area contributed by atoms with E-state index in [2.05, 4.69) is 10.6 Å². The van der Waals surface area contributed by atoms with Crippen molar-refractivity contribution in [3.63, 3.8) is 0 Å². The van der Waals surface area contributed by atoms with Crippen LogP contribution in [0.3, 0.4) is 0 Å².